The summed E-state index contributed by atoms with van der Waals surface area (Å²) < 4.78 is 12.7. The molecule has 5 heterocycles. The molecule has 0 atom stereocenters. The van der Waals surface area contributed by atoms with Crippen molar-refractivity contribution in [2.75, 3.05) is 19.7 Å². The third kappa shape index (κ3) is 23.2. The number of halogens is 11. The molecule has 63 heavy (non-hydrogen) atoms. The molecule has 5 aromatic heterocycles. The van der Waals surface area contributed by atoms with Crippen LogP contribution < -0.4 is 5.73 Å². The number of aliphatic hydroxyl groups excluding tert-OH is 1. The average molecular weight is 1060 g/mol. The van der Waals surface area contributed by atoms with Crippen LogP contribution in [-0.4, -0.2) is 58.1 Å². The minimum Gasteiger partial charge on any atom is -0.396 e. The highest BCUT2D eigenvalue weighted by Crippen LogP contribution is 2.26. The van der Waals surface area contributed by atoms with Gasteiger partial charge in [-0.05, 0) is 103 Å². The minimum atomic E-state index is -0.195. The Labute approximate surface area is 417 Å². The van der Waals surface area contributed by atoms with E-state index in [9.17, 15) is 4.39 Å². The van der Waals surface area contributed by atoms with Crippen molar-refractivity contribution < 1.29 is 9.50 Å². The predicted octanol–water partition coefficient (Wildman–Crippen LogP) is 14.2. The Bertz CT molecular complexity index is 2160. The van der Waals surface area contributed by atoms with Gasteiger partial charge in [-0.25, -0.2) is 4.39 Å². The minimum absolute atomic E-state index is 0. The number of nitrogens with two attached hydrogens (primary N) is 1. The molecule has 333 valence electrons. The summed E-state index contributed by atoms with van der Waals surface area (Å²) in [5.41, 5.74) is 17.9. The molecule has 0 spiro atoms. The van der Waals surface area contributed by atoms with E-state index in [1.165, 1.54) is 49.3 Å². The van der Waals surface area contributed by atoms with Crippen LogP contribution in [0, 0.1) is 5.82 Å². The van der Waals surface area contributed by atoms with Crippen molar-refractivity contribution >= 4 is 124 Å². The van der Waals surface area contributed by atoms with Crippen LogP contribution in [0.5, 0.6) is 0 Å². The summed E-state index contributed by atoms with van der Waals surface area (Å²) >= 11 is 57.9. The van der Waals surface area contributed by atoms with Gasteiger partial charge in [-0.15, -0.1) is 0 Å². The zero-order chi connectivity index (χ0) is 45.9. The molecule has 0 aliphatic rings. The van der Waals surface area contributed by atoms with Crippen molar-refractivity contribution in [2.45, 2.75) is 44.9 Å². The number of rotatable bonds is 12. The number of benzene rings is 1. The van der Waals surface area contributed by atoms with E-state index in [2.05, 4.69) is 34.9 Å². The van der Waals surface area contributed by atoms with Gasteiger partial charge in [0.2, 0.25) is 0 Å². The first-order chi connectivity index (χ1) is 29.7. The number of hydrogen-bond donors (Lipinski definition) is 2. The zero-order valence-corrected chi connectivity index (χ0v) is 40.6. The molecule has 6 rings (SSSR count). The molecule has 0 unspecified atom stereocenters. The monoisotopic (exact) mass is 1050 g/mol. The topological polar surface area (TPSA) is 159 Å². The molecule has 0 aliphatic heterocycles. The smallest absolute Gasteiger partial charge is 0.123 e. The van der Waals surface area contributed by atoms with Gasteiger partial charge >= 0.3 is 0 Å². The fourth-order valence-electron chi connectivity index (χ4n) is 4.84. The molecule has 0 saturated heterocycles. The summed E-state index contributed by atoms with van der Waals surface area (Å²) in [4.78, 5) is 21.7. The fraction of sp³-hybridized carbons (Fsp3) is 0.244. The first-order valence-corrected chi connectivity index (χ1v) is 21.9. The molecule has 0 saturated carbocycles. The standard InChI is InChI=1S/C15H14Cl2FN.C7H6Cl2N4.C7H8Cl2N2.C7H7Cl2NO.C5H3Cl2N.B/c16-14-9-19-10-15(17)13(14)4-2-1-3-11-5-7-12(18)8-6-11;8-6-3-11-4-7(9)5(6)1-2-12-13-10;8-6-3-11-4-7(9)5(6)1-2-10;8-6-3-10-4-7(9)5(6)1-2-11;6-4-1-5(7)3-8-2-4;/h5-10H,1-4H2;3-4H,1-2H2;3-4H,1-2,10H2;3-4,11H,1-2H2;1-3H;. The highest BCUT2D eigenvalue weighted by molar-refractivity contribution is 6.37. The summed E-state index contributed by atoms with van der Waals surface area (Å²) in [6.45, 7) is 0.937. The Hall–Kier alpha value is -2.91. The van der Waals surface area contributed by atoms with Crippen molar-refractivity contribution in [3.63, 3.8) is 0 Å². The number of aliphatic hydroxyl groups is 1. The van der Waals surface area contributed by atoms with E-state index < -0.39 is 0 Å². The number of aromatic nitrogens is 5. The zero-order valence-electron chi connectivity index (χ0n) is 33.1. The summed E-state index contributed by atoms with van der Waals surface area (Å²) in [6, 6.07) is 8.26. The normalized spacial score (nSPS) is 9.86. The van der Waals surface area contributed by atoms with Crippen molar-refractivity contribution in [2.24, 2.45) is 10.8 Å². The molecule has 10 nitrogen and oxygen atoms in total. The van der Waals surface area contributed by atoms with E-state index in [-0.39, 0.29) is 20.8 Å². The highest BCUT2D eigenvalue weighted by Gasteiger charge is 2.07. The maximum absolute atomic E-state index is 12.7. The van der Waals surface area contributed by atoms with Crippen LogP contribution in [0.4, 0.5) is 4.39 Å². The van der Waals surface area contributed by atoms with Gasteiger partial charge in [0.05, 0.1) is 50.2 Å². The number of pyridine rings is 5. The van der Waals surface area contributed by atoms with Gasteiger partial charge in [-0.3, -0.25) is 24.9 Å². The summed E-state index contributed by atoms with van der Waals surface area (Å²) in [7, 11) is 0. The Morgan fingerprint density at radius 2 is 0.873 bits per heavy atom. The molecule has 0 aliphatic carbocycles. The molecule has 0 fully saturated rings. The number of azide groups is 1. The summed E-state index contributed by atoms with van der Waals surface area (Å²) in [5.74, 6) is -0.195. The van der Waals surface area contributed by atoms with Gasteiger partial charge in [0.1, 0.15) is 5.82 Å². The maximum Gasteiger partial charge on any atom is 0.123 e. The third-order valence-corrected chi connectivity index (χ3v) is 10.8. The number of unbranched alkanes of at least 4 members (excludes halogenated alkanes) is 1. The lowest BCUT2D eigenvalue weighted by Crippen LogP contribution is -2.03. The van der Waals surface area contributed by atoms with Crippen LogP contribution in [0.3, 0.4) is 0 Å². The van der Waals surface area contributed by atoms with E-state index in [1.54, 1.807) is 30.9 Å². The van der Waals surface area contributed by atoms with E-state index in [0.29, 0.717) is 82.6 Å². The second-order valence-electron chi connectivity index (χ2n) is 12.2. The second kappa shape index (κ2) is 33.6. The van der Waals surface area contributed by atoms with Crippen molar-refractivity contribution in [1.82, 2.24) is 24.9 Å². The molecule has 0 amide bonds. The quantitative estimate of drug-likeness (QED) is 0.0406. The third-order valence-electron chi connectivity index (χ3n) is 7.82. The van der Waals surface area contributed by atoms with Crippen molar-refractivity contribution in [3.8, 4) is 0 Å². The van der Waals surface area contributed by atoms with Crippen LogP contribution in [0.25, 0.3) is 10.4 Å². The largest absolute Gasteiger partial charge is 0.396 e. The van der Waals surface area contributed by atoms with Crippen LogP contribution in [0.15, 0.2) is 97.4 Å². The van der Waals surface area contributed by atoms with Crippen molar-refractivity contribution in [3.05, 3.63) is 187 Å². The molecular weight excluding hydrogens is 1020 g/mol. The summed E-state index contributed by atoms with van der Waals surface area (Å²) in [6.07, 6.45) is 21.0. The lowest BCUT2D eigenvalue weighted by molar-refractivity contribution is 0.299. The number of aryl methyl sites for hydroxylation is 1. The Kier molecular flexibility index (Phi) is 31.0. The van der Waals surface area contributed by atoms with Gasteiger partial charge in [0.25, 0.3) is 0 Å². The number of nitrogens with zero attached hydrogens (tertiary/aromatic N) is 8. The highest BCUT2D eigenvalue weighted by atomic mass is 35.5. The Morgan fingerprint density at radius 1 is 0.524 bits per heavy atom. The van der Waals surface area contributed by atoms with Crippen LogP contribution in [0.1, 0.15) is 40.7 Å². The van der Waals surface area contributed by atoms with Gasteiger partial charge in [-0.1, -0.05) is 133 Å². The average Bonchev–Trinajstić information content (AvgIpc) is 3.23. The number of hydrogen-bond acceptors (Lipinski definition) is 8. The van der Waals surface area contributed by atoms with Gasteiger partial charge in [0, 0.05) is 88.4 Å². The molecule has 22 heteroatoms. The molecule has 0 bridgehead atoms. The lowest BCUT2D eigenvalue weighted by atomic mass is 10.0. The lowest BCUT2D eigenvalue weighted by Gasteiger charge is -2.06. The molecular formula is C41H38BCl10FN9O. The molecule has 3 N–H and O–H groups in total. The van der Waals surface area contributed by atoms with E-state index in [4.69, 9.17) is 132 Å². The summed E-state index contributed by atoms with van der Waals surface area (Å²) in [5, 5.41) is 17.6. The predicted molar refractivity (Wildman–Crippen MR) is 261 cm³/mol. The van der Waals surface area contributed by atoms with Crippen LogP contribution in [0.2, 0.25) is 50.2 Å². The Balaban J connectivity index is 0.000000404. The SMILES string of the molecule is Clc1cncc(Cl)c1.Fc1ccc(CCCCc2c(Cl)cncc2Cl)cc1.NCCc1c(Cl)cncc1Cl.OCCc1c(Cl)cncc1Cl.[B].[N-]=[N+]=NCCc1c(Cl)cncc1Cl. The van der Waals surface area contributed by atoms with E-state index in [1.807, 2.05) is 12.1 Å². The van der Waals surface area contributed by atoms with Gasteiger partial charge in [-0.2, -0.15) is 0 Å². The first-order valence-electron chi connectivity index (χ1n) is 18.2. The molecule has 1 aromatic carbocycles. The van der Waals surface area contributed by atoms with Crippen LogP contribution >= 0.6 is 116 Å². The van der Waals surface area contributed by atoms with Crippen molar-refractivity contribution in [1.29, 1.82) is 0 Å². The van der Waals surface area contributed by atoms with Crippen LogP contribution in [-0.2, 0) is 32.1 Å². The fourth-order valence-corrected chi connectivity index (χ4v) is 7.46. The molecule has 6 aromatic rings. The second-order valence-corrected chi connectivity index (χ2v) is 16.3. The van der Waals surface area contributed by atoms with E-state index in [0.717, 1.165) is 53.5 Å². The first kappa shape index (κ1) is 58.1. The Morgan fingerprint density at radius 3 is 1.22 bits per heavy atom. The van der Waals surface area contributed by atoms with E-state index >= 15 is 0 Å². The maximum atomic E-state index is 12.7. The molecule has 3 radical (unpaired) electrons. The van der Waals surface area contributed by atoms with Gasteiger partial charge < -0.3 is 10.8 Å². The van der Waals surface area contributed by atoms with Gasteiger partial charge in [0.15, 0.2) is 0 Å².